The van der Waals surface area contributed by atoms with Gasteiger partial charge in [-0.15, -0.1) is 0 Å². The SMILES string of the molecule is CC(C)Oc1c(C=CC(=O)c2ccc(O)cc2)cc(C(C)(C)C)c(O)c1C(C)(C)C. The summed E-state index contributed by atoms with van der Waals surface area (Å²) in [6, 6.07) is 8.06. The smallest absolute Gasteiger partial charge is 0.185 e. The average Bonchev–Trinajstić information content (AvgIpc) is 2.58. The minimum atomic E-state index is -0.362. The van der Waals surface area contributed by atoms with Gasteiger partial charge in [0.25, 0.3) is 0 Å². The van der Waals surface area contributed by atoms with E-state index >= 15 is 0 Å². The Morgan fingerprint density at radius 1 is 0.967 bits per heavy atom. The van der Waals surface area contributed by atoms with Crippen LogP contribution in [0.4, 0.5) is 0 Å². The van der Waals surface area contributed by atoms with Gasteiger partial charge in [0.1, 0.15) is 17.2 Å². The number of carbonyl (C=O) groups excluding carboxylic acids is 1. The second-order valence-corrected chi connectivity index (χ2v) is 9.98. The Morgan fingerprint density at radius 2 is 1.53 bits per heavy atom. The van der Waals surface area contributed by atoms with E-state index < -0.39 is 0 Å². The van der Waals surface area contributed by atoms with Gasteiger partial charge in [0.05, 0.1) is 6.10 Å². The fraction of sp³-hybridized carbons (Fsp3) is 0.423. The molecule has 0 atom stereocenters. The van der Waals surface area contributed by atoms with Crippen molar-refractivity contribution in [1.29, 1.82) is 0 Å². The number of ether oxygens (including phenoxy) is 1. The molecule has 0 aliphatic rings. The normalized spacial score (nSPS) is 12.6. The van der Waals surface area contributed by atoms with Gasteiger partial charge in [0.2, 0.25) is 0 Å². The van der Waals surface area contributed by atoms with Crippen LogP contribution in [0.3, 0.4) is 0 Å². The Labute approximate surface area is 180 Å². The molecule has 162 valence electrons. The summed E-state index contributed by atoms with van der Waals surface area (Å²) in [7, 11) is 0. The maximum atomic E-state index is 12.6. The molecule has 2 rings (SSSR count). The highest BCUT2D eigenvalue weighted by atomic mass is 16.5. The van der Waals surface area contributed by atoms with Crippen molar-refractivity contribution in [3.63, 3.8) is 0 Å². The molecule has 0 fully saturated rings. The molecular weight excluding hydrogens is 376 g/mol. The van der Waals surface area contributed by atoms with Crippen LogP contribution >= 0.6 is 0 Å². The van der Waals surface area contributed by atoms with Crippen molar-refractivity contribution in [3.05, 3.63) is 58.7 Å². The summed E-state index contributed by atoms with van der Waals surface area (Å²) < 4.78 is 6.15. The van der Waals surface area contributed by atoms with Gasteiger partial charge in [-0.25, -0.2) is 0 Å². The molecule has 0 radical (unpaired) electrons. The predicted molar refractivity (Wildman–Crippen MR) is 123 cm³/mol. The number of hydrogen-bond acceptors (Lipinski definition) is 4. The van der Waals surface area contributed by atoms with Crippen molar-refractivity contribution in [2.24, 2.45) is 0 Å². The van der Waals surface area contributed by atoms with Gasteiger partial charge in [-0.05, 0) is 67.2 Å². The van der Waals surface area contributed by atoms with E-state index in [1.807, 2.05) is 61.5 Å². The van der Waals surface area contributed by atoms with Crippen LogP contribution in [0.25, 0.3) is 6.08 Å². The standard InChI is InChI=1S/C26H34O4/c1-16(2)30-24-18(11-14-21(28)17-9-12-19(27)13-10-17)15-20(25(3,4)5)23(29)22(24)26(6,7)8/h9-16,27,29H,1-8H3. The summed E-state index contributed by atoms with van der Waals surface area (Å²) in [6.45, 7) is 16.1. The molecule has 0 aliphatic heterocycles. The third-order valence-corrected chi connectivity index (χ3v) is 4.76. The Balaban J connectivity index is 2.68. The van der Waals surface area contributed by atoms with E-state index in [1.54, 1.807) is 18.2 Å². The second-order valence-electron chi connectivity index (χ2n) is 9.98. The number of hydrogen-bond donors (Lipinski definition) is 2. The van der Waals surface area contributed by atoms with E-state index in [4.69, 9.17) is 4.74 Å². The van der Waals surface area contributed by atoms with Gasteiger partial charge in [-0.2, -0.15) is 0 Å². The number of rotatable bonds is 5. The van der Waals surface area contributed by atoms with Crippen LogP contribution in [-0.4, -0.2) is 22.1 Å². The first kappa shape index (κ1) is 23.5. The number of allylic oxidation sites excluding steroid dienone is 1. The Hall–Kier alpha value is -2.75. The van der Waals surface area contributed by atoms with Crippen LogP contribution in [0.2, 0.25) is 0 Å². The van der Waals surface area contributed by atoms with Crippen molar-refractivity contribution in [2.45, 2.75) is 72.3 Å². The molecule has 2 N–H and O–H groups in total. The fourth-order valence-corrected chi connectivity index (χ4v) is 3.32. The lowest BCUT2D eigenvalue weighted by Crippen LogP contribution is -2.21. The lowest BCUT2D eigenvalue weighted by atomic mass is 9.77. The quantitative estimate of drug-likeness (QED) is 0.443. The zero-order valence-corrected chi connectivity index (χ0v) is 19.3. The molecule has 0 spiro atoms. The molecule has 0 heterocycles. The highest BCUT2D eigenvalue weighted by molar-refractivity contribution is 6.07. The second kappa shape index (κ2) is 8.55. The van der Waals surface area contributed by atoms with Crippen molar-refractivity contribution >= 4 is 11.9 Å². The number of phenolic OH excluding ortho intramolecular Hbond substituents is 2. The molecule has 2 aromatic carbocycles. The van der Waals surface area contributed by atoms with E-state index in [-0.39, 0.29) is 34.2 Å². The number of aromatic hydroxyl groups is 2. The van der Waals surface area contributed by atoms with E-state index in [1.165, 1.54) is 18.2 Å². The lowest BCUT2D eigenvalue weighted by Gasteiger charge is -2.31. The summed E-state index contributed by atoms with van der Waals surface area (Å²) >= 11 is 0. The monoisotopic (exact) mass is 410 g/mol. The topological polar surface area (TPSA) is 66.8 Å². The Kier molecular flexibility index (Phi) is 6.70. The maximum absolute atomic E-state index is 12.6. The molecule has 2 aromatic rings. The van der Waals surface area contributed by atoms with Gasteiger partial charge in [-0.3, -0.25) is 4.79 Å². The summed E-state index contributed by atoms with van der Waals surface area (Å²) in [5.74, 6) is 0.782. The van der Waals surface area contributed by atoms with E-state index in [9.17, 15) is 15.0 Å². The van der Waals surface area contributed by atoms with Gasteiger partial charge in [-0.1, -0.05) is 41.5 Å². The van der Waals surface area contributed by atoms with Crippen molar-refractivity contribution < 1.29 is 19.7 Å². The first-order valence-corrected chi connectivity index (χ1v) is 10.3. The molecule has 0 aliphatic carbocycles. The fourth-order valence-electron chi connectivity index (χ4n) is 3.32. The minimum absolute atomic E-state index is 0.0917. The van der Waals surface area contributed by atoms with Crippen LogP contribution < -0.4 is 4.74 Å². The summed E-state index contributed by atoms with van der Waals surface area (Å²) in [4.78, 5) is 12.6. The first-order valence-electron chi connectivity index (χ1n) is 10.3. The van der Waals surface area contributed by atoms with Crippen LogP contribution in [0.5, 0.6) is 17.2 Å². The van der Waals surface area contributed by atoms with Crippen LogP contribution in [0.1, 0.15) is 82.4 Å². The summed E-state index contributed by atoms with van der Waals surface area (Å²) in [6.07, 6.45) is 3.16. The molecule has 0 amide bonds. The molecular formula is C26H34O4. The third kappa shape index (κ3) is 5.44. The van der Waals surface area contributed by atoms with E-state index in [2.05, 4.69) is 0 Å². The highest BCUT2D eigenvalue weighted by Gasteiger charge is 2.31. The Bertz CT molecular complexity index is 937. The number of ketones is 1. The van der Waals surface area contributed by atoms with Gasteiger partial charge in [0.15, 0.2) is 5.78 Å². The number of carbonyl (C=O) groups is 1. The molecule has 30 heavy (non-hydrogen) atoms. The lowest BCUT2D eigenvalue weighted by molar-refractivity contribution is 0.104. The molecule has 0 unspecified atom stereocenters. The zero-order valence-electron chi connectivity index (χ0n) is 19.3. The summed E-state index contributed by atoms with van der Waals surface area (Å²) in [5.41, 5.74) is 2.13. The first-order chi connectivity index (χ1) is 13.7. The molecule has 0 aromatic heterocycles. The van der Waals surface area contributed by atoms with E-state index in [0.717, 1.165) is 16.7 Å². The highest BCUT2D eigenvalue weighted by Crippen LogP contribution is 2.46. The van der Waals surface area contributed by atoms with Gasteiger partial charge in [0, 0.05) is 22.3 Å². The Morgan fingerprint density at radius 3 is 2.00 bits per heavy atom. The van der Waals surface area contributed by atoms with Crippen molar-refractivity contribution in [1.82, 2.24) is 0 Å². The van der Waals surface area contributed by atoms with E-state index in [0.29, 0.717) is 11.3 Å². The van der Waals surface area contributed by atoms with Crippen LogP contribution in [0.15, 0.2) is 36.4 Å². The van der Waals surface area contributed by atoms with Gasteiger partial charge < -0.3 is 14.9 Å². The van der Waals surface area contributed by atoms with Gasteiger partial charge >= 0.3 is 0 Å². The zero-order chi connectivity index (χ0) is 22.9. The molecule has 0 saturated heterocycles. The average molecular weight is 411 g/mol. The van der Waals surface area contributed by atoms with Crippen LogP contribution in [-0.2, 0) is 10.8 Å². The maximum Gasteiger partial charge on any atom is 0.185 e. The predicted octanol–water partition coefficient (Wildman–Crippen LogP) is 6.38. The van der Waals surface area contributed by atoms with Crippen molar-refractivity contribution in [2.75, 3.05) is 0 Å². The summed E-state index contributed by atoms with van der Waals surface area (Å²) in [5, 5.41) is 20.6. The third-order valence-electron chi connectivity index (χ3n) is 4.76. The molecule has 4 nitrogen and oxygen atoms in total. The molecule has 0 saturated carbocycles. The number of phenols is 2. The molecule has 4 heteroatoms. The largest absolute Gasteiger partial charge is 0.508 e. The molecule has 0 bridgehead atoms. The minimum Gasteiger partial charge on any atom is -0.508 e. The van der Waals surface area contributed by atoms with Crippen LogP contribution in [0, 0.1) is 0 Å². The van der Waals surface area contributed by atoms with Crippen molar-refractivity contribution in [3.8, 4) is 17.2 Å². The number of benzene rings is 2.